The second-order valence-corrected chi connectivity index (χ2v) is 7.11. The molecule has 0 aliphatic carbocycles. The van der Waals surface area contributed by atoms with Crippen molar-refractivity contribution >= 4 is 58.8 Å². The van der Waals surface area contributed by atoms with Gasteiger partial charge in [0.25, 0.3) is 0 Å². The third-order valence-electron chi connectivity index (χ3n) is 4.67. The number of benzene rings is 1. The minimum absolute atomic E-state index is 0. The maximum absolute atomic E-state index is 6.12. The summed E-state index contributed by atoms with van der Waals surface area (Å²) in [5.41, 5.74) is 3.46. The number of hydrogen-bond acceptors (Lipinski definition) is 3. The Kier molecular flexibility index (Phi) is 9.20. The van der Waals surface area contributed by atoms with Gasteiger partial charge in [0.05, 0.1) is 24.8 Å². The molecule has 0 amide bonds. The van der Waals surface area contributed by atoms with Crippen molar-refractivity contribution < 1.29 is 4.74 Å². The smallest absolute Gasteiger partial charge is 0.191 e. The Labute approximate surface area is 193 Å². The first-order chi connectivity index (χ1) is 13.1. The maximum atomic E-state index is 6.12. The summed E-state index contributed by atoms with van der Waals surface area (Å²) in [6.45, 7) is 4.63. The number of rotatable bonds is 5. The normalized spacial score (nSPS) is 14.6. The molecule has 6 nitrogen and oxygen atoms in total. The van der Waals surface area contributed by atoms with Crippen LogP contribution < -0.4 is 15.5 Å². The SMILES string of the molecule is CN=C(NCc1ccccc1N1CCOCC1)NCc1cc(Cl)c(Cl)n1C.I. The monoisotopic (exact) mass is 537 g/mol. The molecule has 1 aliphatic rings. The maximum Gasteiger partial charge on any atom is 0.191 e. The van der Waals surface area contributed by atoms with Crippen molar-refractivity contribution in [1.29, 1.82) is 0 Å². The van der Waals surface area contributed by atoms with Gasteiger partial charge < -0.3 is 24.8 Å². The van der Waals surface area contributed by atoms with Crippen LogP contribution in [0.2, 0.25) is 10.2 Å². The fourth-order valence-corrected chi connectivity index (χ4v) is 3.52. The molecule has 28 heavy (non-hydrogen) atoms. The van der Waals surface area contributed by atoms with E-state index in [1.165, 1.54) is 11.3 Å². The fraction of sp³-hybridized carbons (Fsp3) is 0.421. The van der Waals surface area contributed by atoms with Crippen molar-refractivity contribution in [3.63, 3.8) is 0 Å². The Bertz CT molecular complexity index is 806. The van der Waals surface area contributed by atoms with Gasteiger partial charge in [-0.3, -0.25) is 4.99 Å². The van der Waals surface area contributed by atoms with E-state index < -0.39 is 0 Å². The predicted octanol–water partition coefficient (Wildman–Crippen LogP) is 3.65. The van der Waals surface area contributed by atoms with E-state index in [1.807, 2.05) is 17.7 Å². The van der Waals surface area contributed by atoms with Gasteiger partial charge in [-0.1, -0.05) is 41.4 Å². The van der Waals surface area contributed by atoms with Crippen molar-refractivity contribution in [3.8, 4) is 0 Å². The number of ether oxygens (including phenoxy) is 1. The van der Waals surface area contributed by atoms with E-state index in [0.717, 1.165) is 38.0 Å². The highest BCUT2D eigenvalue weighted by Crippen LogP contribution is 2.25. The lowest BCUT2D eigenvalue weighted by Crippen LogP contribution is -2.39. The molecule has 1 aromatic carbocycles. The number of guanidine groups is 1. The Balaban J connectivity index is 0.00000280. The zero-order chi connectivity index (χ0) is 19.2. The van der Waals surface area contributed by atoms with E-state index in [4.69, 9.17) is 27.9 Å². The van der Waals surface area contributed by atoms with Crippen molar-refractivity contribution in [2.45, 2.75) is 13.1 Å². The summed E-state index contributed by atoms with van der Waals surface area (Å²) >= 11 is 12.2. The Morgan fingerprint density at radius 1 is 1.14 bits per heavy atom. The number of anilines is 1. The minimum Gasteiger partial charge on any atom is -0.378 e. The first-order valence-corrected chi connectivity index (χ1v) is 9.70. The van der Waals surface area contributed by atoms with Crippen LogP contribution in [-0.4, -0.2) is 43.9 Å². The number of aromatic nitrogens is 1. The summed E-state index contributed by atoms with van der Waals surface area (Å²) < 4.78 is 7.32. The van der Waals surface area contributed by atoms with E-state index in [0.29, 0.717) is 23.3 Å². The van der Waals surface area contributed by atoms with Crippen LogP contribution in [0.5, 0.6) is 0 Å². The quantitative estimate of drug-likeness (QED) is 0.347. The van der Waals surface area contributed by atoms with Gasteiger partial charge in [-0.05, 0) is 17.7 Å². The molecule has 1 aliphatic heterocycles. The highest BCUT2D eigenvalue weighted by Gasteiger charge is 2.14. The van der Waals surface area contributed by atoms with Crippen molar-refractivity contribution in [1.82, 2.24) is 15.2 Å². The van der Waals surface area contributed by atoms with E-state index in [9.17, 15) is 0 Å². The second kappa shape index (κ2) is 11.1. The molecule has 2 N–H and O–H groups in total. The highest BCUT2D eigenvalue weighted by molar-refractivity contribution is 14.0. The molecule has 154 valence electrons. The van der Waals surface area contributed by atoms with Crippen LogP contribution in [0, 0.1) is 0 Å². The molecule has 0 bridgehead atoms. The van der Waals surface area contributed by atoms with Crippen LogP contribution in [-0.2, 0) is 24.9 Å². The largest absolute Gasteiger partial charge is 0.378 e. The number of aliphatic imine (C=N–C) groups is 1. The Morgan fingerprint density at radius 2 is 1.82 bits per heavy atom. The summed E-state index contributed by atoms with van der Waals surface area (Å²) in [5, 5.41) is 7.78. The number of para-hydroxylation sites is 1. The van der Waals surface area contributed by atoms with Crippen LogP contribution in [0.25, 0.3) is 0 Å². The number of halogens is 3. The van der Waals surface area contributed by atoms with Gasteiger partial charge in [-0.15, -0.1) is 24.0 Å². The second-order valence-electron chi connectivity index (χ2n) is 6.34. The molecule has 1 fully saturated rings. The molecular weight excluding hydrogens is 512 g/mol. The van der Waals surface area contributed by atoms with Gasteiger partial charge in [0, 0.05) is 45.1 Å². The zero-order valence-corrected chi connectivity index (χ0v) is 19.9. The third kappa shape index (κ3) is 5.68. The Hall–Kier alpha value is -1.16. The number of nitrogens with zero attached hydrogens (tertiary/aromatic N) is 3. The van der Waals surface area contributed by atoms with Gasteiger partial charge in [0.15, 0.2) is 5.96 Å². The molecule has 2 aromatic rings. The first-order valence-electron chi connectivity index (χ1n) is 8.95. The molecule has 0 unspecified atom stereocenters. The van der Waals surface area contributed by atoms with Gasteiger partial charge in [0.1, 0.15) is 5.15 Å². The molecule has 1 aromatic heterocycles. The van der Waals surface area contributed by atoms with E-state index >= 15 is 0 Å². The summed E-state index contributed by atoms with van der Waals surface area (Å²) in [5.74, 6) is 0.722. The first kappa shape index (κ1) is 23.1. The number of nitrogens with one attached hydrogen (secondary N) is 2. The summed E-state index contributed by atoms with van der Waals surface area (Å²) in [7, 11) is 3.65. The van der Waals surface area contributed by atoms with Crippen molar-refractivity contribution in [3.05, 3.63) is 51.8 Å². The highest BCUT2D eigenvalue weighted by atomic mass is 127. The molecule has 0 radical (unpaired) electrons. The van der Waals surface area contributed by atoms with E-state index in [1.54, 1.807) is 7.05 Å². The van der Waals surface area contributed by atoms with E-state index in [2.05, 4.69) is 44.8 Å². The summed E-state index contributed by atoms with van der Waals surface area (Å²) in [6, 6.07) is 10.3. The molecule has 2 heterocycles. The van der Waals surface area contributed by atoms with Crippen LogP contribution in [0.4, 0.5) is 5.69 Å². The van der Waals surface area contributed by atoms with Crippen molar-refractivity contribution in [2.24, 2.45) is 12.0 Å². The van der Waals surface area contributed by atoms with Crippen LogP contribution in [0.1, 0.15) is 11.3 Å². The van der Waals surface area contributed by atoms with Crippen LogP contribution in [0.15, 0.2) is 35.3 Å². The van der Waals surface area contributed by atoms with Gasteiger partial charge in [-0.25, -0.2) is 0 Å². The number of morpholine rings is 1. The predicted molar refractivity (Wildman–Crippen MR) is 127 cm³/mol. The molecule has 0 saturated carbocycles. The third-order valence-corrected chi connectivity index (χ3v) is 5.51. The molecule has 0 atom stereocenters. The number of hydrogen-bond donors (Lipinski definition) is 2. The summed E-state index contributed by atoms with van der Waals surface area (Å²) in [4.78, 5) is 6.67. The average Bonchev–Trinajstić information content (AvgIpc) is 2.96. The molecule has 3 rings (SSSR count). The summed E-state index contributed by atoms with van der Waals surface area (Å²) in [6.07, 6.45) is 0. The average molecular weight is 538 g/mol. The Morgan fingerprint density at radius 3 is 2.46 bits per heavy atom. The lowest BCUT2D eigenvalue weighted by Gasteiger charge is -2.30. The molecule has 1 saturated heterocycles. The molecule has 0 spiro atoms. The van der Waals surface area contributed by atoms with Crippen LogP contribution >= 0.6 is 47.2 Å². The van der Waals surface area contributed by atoms with Gasteiger partial charge in [-0.2, -0.15) is 0 Å². The van der Waals surface area contributed by atoms with Gasteiger partial charge in [0.2, 0.25) is 0 Å². The van der Waals surface area contributed by atoms with Crippen molar-refractivity contribution in [2.75, 3.05) is 38.3 Å². The standard InChI is InChI=1S/C19H25Cl2N5O.HI/c1-22-19(24-13-15-11-16(20)18(21)25(15)2)23-12-14-5-3-4-6-17(14)26-7-9-27-10-8-26;/h3-6,11H,7-10,12-13H2,1-2H3,(H2,22,23,24);1H. The minimum atomic E-state index is 0. The lowest BCUT2D eigenvalue weighted by molar-refractivity contribution is 0.122. The lowest BCUT2D eigenvalue weighted by atomic mass is 10.1. The van der Waals surface area contributed by atoms with Gasteiger partial charge >= 0.3 is 0 Å². The molecular formula is C19H26Cl2IN5O. The van der Waals surface area contributed by atoms with Crippen LogP contribution in [0.3, 0.4) is 0 Å². The fourth-order valence-electron chi connectivity index (χ4n) is 3.11. The zero-order valence-electron chi connectivity index (χ0n) is 16.0. The molecule has 9 heteroatoms. The van der Waals surface area contributed by atoms with E-state index in [-0.39, 0.29) is 24.0 Å². The topological polar surface area (TPSA) is 53.8 Å².